The Morgan fingerprint density at radius 3 is 1.49 bits per heavy atom. The van der Waals surface area contributed by atoms with Crippen molar-refractivity contribution < 1.29 is 8.42 Å². The van der Waals surface area contributed by atoms with E-state index in [9.17, 15) is 8.42 Å². The SMILES string of the molecule is CC(c1ccccc1CS(C)(=O)=O)C(C)(c1ccccc1)C(C)(c1ccccc1)c1ccccc1. The molecule has 0 radical (unpaired) electrons. The molecule has 0 bridgehead atoms. The molecule has 4 aromatic carbocycles. The highest BCUT2D eigenvalue weighted by atomic mass is 32.2. The van der Waals surface area contributed by atoms with Gasteiger partial charge in [0.15, 0.2) is 9.84 Å². The van der Waals surface area contributed by atoms with Gasteiger partial charge < -0.3 is 0 Å². The molecule has 2 unspecified atom stereocenters. The Labute approximate surface area is 210 Å². The third kappa shape index (κ3) is 4.70. The summed E-state index contributed by atoms with van der Waals surface area (Å²) in [6, 6.07) is 40.0. The summed E-state index contributed by atoms with van der Waals surface area (Å²) in [4.78, 5) is 0. The van der Waals surface area contributed by atoms with E-state index in [1.54, 1.807) is 0 Å². The summed E-state index contributed by atoms with van der Waals surface area (Å²) in [5.41, 5.74) is 4.79. The summed E-state index contributed by atoms with van der Waals surface area (Å²) in [5.74, 6) is 0.0412. The molecule has 180 valence electrons. The Balaban J connectivity index is 2.05. The van der Waals surface area contributed by atoms with Gasteiger partial charge >= 0.3 is 0 Å². The van der Waals surface area contributed by atoms with Gasteiger partial charge in [-0.3, -0.25) is 0 Å². The molecule has 4 aromatic rings. The number of sulfone groups is 1. The van der Waals surface area contributed by atoms with Crippen LogP contribution in [-0.4, -0.2) is 14.7 Å². The average molecular weight is 483 g/mol. The first kappa shape index (κ1) is 24.9. The topological polar surface area (TPSA) is 34.1 Å². The highest BCUT2D eigenvalue weighted by Gasteiger charge is 2.51. The van der Waals surface area contributed by atoms with Crippen LogP contribution < -0.4 is 0 Å². The first-order valence-corrected chi connectivity index (χ1v) is 14.2. The molecular weight excluding hydrogens is 448 g/mol. The van der Waals surface area contributed by atoms with Gasteiger partial charge in [-0.15, -0.1) is 0 Å². The Hall–Kier alpha value is -3.17. The summed E-state index contributed by atoms with van der Waals surface area (Å²) in [5, 5.41) is 0. The lowest BCUT2D eigenvalue weighted by molar-refractivity contribution is 0.255. The lowest BCUT2D eigenvalue weighted by Crippen LogP contribution is -2.49. The van der Waals surface area contributed by atoms with Crippen molar-refractivity contribution in [2.24, 2.45) is 0 Å². The van der Waals surface area contributed by atoms with Crippen LogP contribution in [0.2, 0.25) is 0 Å². The van der Waals surface area contributed by atoms with Crippen molar-refractivity contribution in [1.82, 2.24) is 0 Å². The predicted molar refractivity (Wildman–Crippen MR) is 147 cm³/mol. The van der Waals surface area contributed by atoms with Gasteiger partial charge in [0.1, 0.15) is 0 Å². The Morgan fingerprint density at radius 1 is 0.629 bits per heavy atom. The second kappa shape index (κ2) is 9.83. The monoisotopic (exact) mass is 482 g/mol. The molecule has 0 aliphatic rings. The lowest BCUT2D eigenvalue weighted by Gasteiger charge is -2.52. The van der Waals surface area contributed by atoms with E-state index >= 15 is 0 Å². The van der Waals surface area contributed by atoms with Crippen molar-refractivity contribution in [3.63, 3.8) is 0 Å². The van der Waals surface area contributed by atoms with E-state index in [4.69, 9.17) is 0 Å². The molecule has 0 fully saturated rings. The summed E-state index contributed by atoms with van der Waals surface area (Å²) in [6.45, 7) is 6.92. The molecule has 0 aliphatic carbocycles. The van der Waals surface area contributed by atoms with Crippen LogP contribution in [0.4, 0.5) is 0 Å². The van der Waals surface area contributed by atoms with Crippen LogP contribution in [0.1, 0.15) is 54.5 Å². The molecule has 0 saturated heterocycles. The van der Waals surface area contributed by atoms with E-state index in [0.717, 1.165) is 11.1 Å². The van der Waals surface area contributed by atoms with Crippen molar-refractivity contribution in [2.45, 2.75) is 43.3 Å². The van der Waals surface area contributed by atoms with E-state index < -0.39 is 20.7 Å². The van der Waals surface area contributed by atoms with E-state index in [-0.39, 0.29) is 11.7 Å². The summed E-state index contributed by atoms with van der Waals surface area (Å²) in [6.07, 6.45) is 1.31. The lowest BCUT2D eigenvalue weighted by atomic mass is 9.50. The quantitative estimate of drug-likeness (QED) is 0.264. The van der Waals surface area contributed by atoms with Gasteiger partial charge in [0.25, 0.3) is 0 Å². The van der Waals surface area contributed by atoms with Crippen LogP contribution in [-0.2, 0) is 26.4 Å². The minimum atomic E-state index is -3.18. The maximum atomic E-state index is 12.3. The van der Waals surface area contributed by atoms with E-state index in [2.05, 4.69) is 118 Å². The largest absolute Gasteiger partial charge is 0.229 e. The molecule has 0 aliphatic heterocycles. The third-order valence-corrected chi connectivity index (χ3v) is 8.76. The van der Waals surface area contributed by atoms with Gasteiger partial charge in [0.2, 0.25) is 0 Å². The first-order valence-electron chi connectivity index (χ1n) is 12.1. The highest BCUT2D eigenvalue weighted by Crippen LogP contribution is 2.56. The summed E-state index contributed by atoms with van der Waals surface area (Å²) < 4.78 is 24.7. The predicted octanol–water partition coefficient (Wildman–Crippen LogP) is 7.30. The summed E-state index contributed by atoms with van der Waals surface area (Å²) in [7, 11) is -3.18. The maximum Gasteiger partial charge on any atom is 0.151 e. The minimum absolute atomic E-state index is 0.00765. The Morgan fingerprint density at radius 2 is 1.03 bits per heavy atom. The summed E-state index contributed by atoms with van der Waals surface area (Å²) >= 11 is 0. The Bertz CT molecular complexity index is 1320. The molecule has 3 heteroatoms. The number of benzene rings is 4. The minimum Gasteiger partial charge on any atom is -0.229 e. The Kier molecular flexibility index (Phi) is 7.00. The molecule has 0 aromatic heterocycles. The second-order valence-corrected chi connectivity index (χ2v) is 12.1. The van der Waals surface area contributed by atoms with Crippen molar-refractivity contribution in [2.75, 3.05) is 6.26 Å². The van der Waals surface area contributed by atoms with Crippen LogP contribution >= 0.6 is 0 Å². The second-order valence-electron chi connectivity index (χ2n) is 9.92. The van der Waals surface area contributed by atoms with Crippen molar-refractivity contribution in [1.29, 1.82) is 0 Å². The van der Waals surface area contributed by atoms with E-state index in [0.29, 0.717) is 0 Å². The highest BCUT2D eigenvalue weighted by molar-refractivity contribution is 7.89. The normalized spacial score (nSPS) is 14.7. The fourth-order valence-electron chi connectivity index (χ4n) is 5.75. The standard InChI is InChI=1S/C32H34O2S/c1-25(30-23-15-14-16-26(30)24-35(4,33)34)31(2,27-17-8-5-9-18-27)32(3,28-19-10-6-11-20-28)29-21-12-7-13-22-29/h5-23,25H,24H2,1-4H3. The molecule has 35 heavy (non-hydrogen) atoms. The van der Waals surface area contributed by atoms with Gasteiger partial charge in [0, 0.05) is 17.1 Å². The molecule has 4 rings (SSSR count). The zero-order chi connectivity index (χ0) is 25.1. The molecule has 0 heterocycles. The van der Waals surface area contributed by atoms with Gasteiger partial charge in [-0.2, -0.15) is 0 Å². The van der Waals surface area contributed by atoms with Gasteiger partial charge in [0.05, 0.1) is 5.75 Å². The molecule has 0 N–H and O–H groups in total. The van der Waals surface area contributed by atoms with Crippen molar-refractivity contribution in [3.8, 4) is 0 Å². The fraction of sp³-hybridized carbons (Fsp3) is 0.250. The van der Waals surface area contributed by atoms with Crippen LogP contribution in [0, 0.1) is 0 Å². The molecule has 2 atom stereocenters. The van der Waals surface area contributed by atoms with E-state index in [1.165, 1.54) is 22.9 Å². The van der Waals surface area contributed by atoms with Crippen LogP contribution in [0.25, 0.3) is 0 Å². The molecular formula is C32H34O2S. The van der Waals surface area contributed by atoms with Gasteiger partial charge in [-0.1, -0.05) is 136 Å². The number of hydrogen-bond acceptors (Lipinski definition) is 2. The van der Waals surface area contributed by atoms with Crippen molar-refractivity contribution >= 4 is 9.84 Å². The van der Waals surface area contributed by atoms with Crippen LogP contribution in [0.5, 0.6) is 0 Å². The zero-order valence-electron chi connectivity index (χ0n) is 21.0. The van der Waals surface area contributed by atoms with Crippen LogP contribution in [0.15, 0.2) is 115 Å². The van der Waals surface area contributed by atoms with E-state index in [1.807, 2.05) is 18.2 Å². The molecule has 2 nitrogen and oxygen atoms in total. The van der Waals surface area contributed by atoms with Crippen molar-refractivity contribution in [3.05, 3.63) is 143 Å². The zero-order valence-corrected chi connectivity index (χ0v) is 21.8. The molecule has 0 amide bonds. The average Bonchev–Trinajstić information content (AvgIpc) is 2.88. The number of hydrogen-bond donors (Lipinski definition) is 0. The fourth-order valence-corrected chi connectivity index (χ4v) is 6.57. The van der Waals surface area contributed by atoms with Gasteiger partial charge in [-0.05, 0) is 33.7 Å². The van der Waals surface area contributed by atoms with Crippen LogP contribution in [0.3, 0.4) is 0 Å². The molecule has 0 saturated carbocycles. The van der Waals surface area contributed by atoms with Gasteiger partial charge in [-0.25, -0.2) is 8.42 Å². The first-order chi connectivity index (χ1) is 16.7. The smallest absolute Gasteiger partial charge is 0.151 e. The maximum absolute atomic E-state index is 12.3. The molecule has 0 spiro atoms. The third-order valence-electron chi connectivity index (χ3n) is 7.92. The number of rotatable bonds is 8.